The molecule has 0 N–H and O–H groups in total. The normalized spacial score (nSPS) is 18.5. The molecule has 1 aromatic rings. The van der Waals surface area contributed by atoms with Crippen molar-refractivity contribution in [1.82, 2.24) is 4.90 Å². The largest absolute Gasteiger partial charge is 0.377 e. The van der Waals surface area contributed by atoms with Gasteiger partial charge < -0.3 is 9.64 Å². The predicted molar refractivity (Wildman–Crippen MR) is 78.5 cm³/mol. The Morgan fingerprint density at radius 1 is 1.47 bits per heavy atom. The van der Waals surface area contributed by atoms with Gasteiger partial charge in [0.25, 0.3) is 0 Å². The molecule has 0 aromatic carbocycles. The molecule has 0 atom stereocenters. The van der Waals surface area contributed by atoms with Crippen molar-refractivity contribution >= 4 is 17.2 Å². The number of nitrogens with zero attached hydrogens (tertiary/aromatic N) is 1. The molecule has 0 saturated carbocycles. The summed E-state index contributed by atoms with van der Waals surface area (Å²) in [5, 5.41) is 2.11. The zero-order chi connectivity index (χ0) is 13.7. The summed E-state index contributed by atoms with van der Waals surface area (Å²) in [7, 11) is 0. The van der Waals surface area contributed by atoms with Crippen molar-refractivity contribution in [1.29, 1.82) is 0 Å². The lowest BCUT2D eigenvalue weighted by molar-refractivity contribution is -0.146. The van der Waals surface area contributed by atoms with Gasteiger partial charge in [-0.1, -0.05) is 6.07 Å². The van der Waals surface area contributed by atoms with Crippen LogP contribution in [0.4, 0.5) is 0 Å². The van der Waals surface area contributed by atoms with Crippen LogP contribution in [-0.4, -0.2) is 36.1 Å². The van der Waals surface area contributed by atoms with Gasteiger partial charge in [-0.05, 0) is 44.6 Å². The van der Waals surface area contributed by atoms with Crippen LogP contribution in [0, 0.1) is 0 Å². The number of carbonyl (C=O) groups is 1. The fourth-order valence-corrected chi connectivity index (χ4v) is 3.24. The quantitative estimate of drug-likeness (QED) is 0.776. The lowest BCUT2D eigenvalue weighted by Crippen LogP contribution is -2.55. The summed E-state index contributed by atoms with van der Waals surface area (Å²) in [5.41, 5.74) is -0.150. The summed E-state index contributed by atoms with van der Waals surface area (Å²) in [6, 6.07) is 4.25. The third kappa shape index (κ3) is 4.05. The molecule has 0 radical (unpaired) electrons. The van der Waals surface area contributed by atoms with Gasteiger partial charge in [0, 0.05) is 17.8 Å². The molecule has 0 spiro atoms. The summed E-state index contributed by atoms with van der Waals surface area (Å²) < 4.78 is 5.45. The highest BCUT2D eigenvalue weighted by Crippen LogP contribution is 2.21. The number of morpholine rings is 1. The van der Waals surface area contributed by atoms with Crippen molar-refractivity contribution in [3.63, 3.8) is 0 Å². The van der Waals surface area contributed by atoms with E-state index in [0.717, 1.165) is 25.8 Å². The molecule has 2 rings (SSSR count). The van der Waals surface area contributed by atoms with E-state index in [1.54, 1.807) is 11.3 Å². The molecule has 1 aliphatic heterocycles. The Labute approximate surface area is 119 Å². The average Bonchev–Trinajstić information content (AvgIpc) is 2.87. The van der Waals surface area contributed by atoms with E-state index >= 15 is 0 Å². The molecular formula is C15H23NO2S. The minimum atomic E-state index is -0.150. The monoisotopic (exact) mass is 281 g/mol. The number of thiophene rings is 1. The fourth-order valence-electron chi connectivity index (χ4n) is 2.49. The number of rotatable bonds is 5. The van der Waals surface area contributed by atoms with E-state index in [1.165, 1.54) is 4.88 Å². The van der Waals surface area contributed by atoms with Gasteiger partial charge in [0.05, 0.1) is 18.8 Å². The number of amides is 1. The molecular weight excluding hydrogens is 258 g/mol. The third-order valence-corrected chi connectivity index (χ3v) is 4.53. The van der Waals surface area contributed by atoms with E-state index in [4.69, 9.17) is 4.74 Å². The molecule has 1 aliphatic rings. The van der Waals surface area contributed by atoms with Gasteiger partial charge in [0.2, 0.25) is 5.91 Å². The van der Waals surface area contributed by atoms with Crippen LogP contribution < -0.4 is 0 Å². The first-order valence-corrected chi connectivity index (χ1v) is 7.88. The van der Waals surface area contributed by atoms with Crippen molar-refractivity contribution in [2.45, 2.75) is 45.1 Å². The second-order valence-corrected chi connectivity index (χ2v) is 6.73. The molecule has 1 aromatic heterocycles. The van der Waals surface area contributed by atoms with E-state index in [9.17, 15) is 4.79 Å². The lowest BCUT2D eigenvalue weighted by atomic mass is 10.0. The molecule has 4 heteroatoms. The Morgan fingerprint density at radius 2 is 2.32 bits per heavy atom. The Hall–Kier alpha value is -0.870. The highest BCUT2D eigenvalue weighted by atomic mass is 32.1. The number of ether oxygens (including phenoxy) is 1. The van der Waals surface area contributed by atoms with Crippen molar-refractivity contribution in [2.75, 3.05) is 19.8 Å². The van der Waals surface area contributed by atoms with Crippen LogP contribution in [0.3, 0.4) is 0 Å². The van der Waals surface area contributed by atoms with Gasteiger partial charge in [0.15, 0.2) is 0 Å². The zero-order valence-electron chi connectivity index (χ0n) is 11.9. The van der Waals surface area contributed by atoms with Crippen LogP contribution in [-0.2, 0) is 16.0 Å². The molecule has 1 fully saturated rings. The van der Waals surface area contributed by atoms with Crippen molar-refractivity contribution in [3.8, 4) is 0 Å². The van der Waals surface area contributed by atoms with Crippen LogP contribution >= 0.6 is 11.3 Å². The first-order valence-electron chi connectivity index (χ1n) is 7.00. The number of unbranched alkanes of at least 4 members (excludes halogenated alkanes) is 1. The van der Waals surface area contributed by atoms with Crippen LogP contribution in [0.2, 0.25) is 0 Å². The first kappa shape index (κ1) is 14.5. The molecule has 1 amide bonds. The third-order valence-electron chi connectivity index (χ3n) is 3.59. The van der Waals surface area contributed by atoms with Crippen LogP contribution in [0.25, 0.3) is 0 Å². The maximum atomic E-state index is 12.2. The lowest BCUT2D eigenvalue weighted by Gasteiger charge is -2.42. The smallest absolute Gasteiger partial charge is 0.223 e. The van der Waals surface area contributed by atoms with Crippen molar-refractivity contribution < 1.29 is 9.53 Å². The SMILES string of the molecule is CC1(C)COCCN1C(=O)CCCCc1cccs1. The first-order chi connectivity index (χ1) is 9.09. The number of hydrogen-bond acceptors (Lipinski definition) is 3. The highest BCUT2D eigenvalue weighted by molar-refractivity contribution is 7.09. The summed E-state index contributed by atoms with van der Waals surface area (Å²) in [6.07, 6.45) is 3.83. The van der Waals surface area contributed by atoms with Gasteiger partial charge in [-0.25, -0.2) is 0 Å². The van der Waals surface area contributed by atoms with Gasteiger partial charge >= 0.3 is 0 Å². The van der Waals surface area contributed by atoms with Gasteiger partial charge in [-0.15, -0.1) is 11.3 Å². The van der Waals surface area contributed by atoms with E-state index in [-0.39, 0.29) is 11.4 Å². The average molecular weight is 281 g/mol. The predicted octanol–water partition coefficient (Wildman–Crippen LogP) is 3.10. The summed E-state index contributed by atoms with van der Waals surface area (Å²) in [6.45, 7) is 6.21. The molecule has 19 heavy (non-hydrogen) atoms. The Kier molecular flexibility index (Phi) is 4.99. The zero-order valence-corrected chi connectivity index (χ0v) is 12.7. The molecule has 3 nitrogen and oxygen atoms in total. The van der Waals surface area contributed by atoms with E-state index < -0.39 is 0 Å². The molecule has 2 heterocycles. The number of hydrogen-bond donors (Lipinski definition) is 0. The topological polar surface area (TPSA) is 29.5 Å². The minimum Gasteiger partial charge on any atom is -0.377 e. The number of aryl methyl sites for hydroxylation is 1. The van der Waals surface area contributed by atoms with Gasteiger partial charge in [-0.2, -0.15) is 0 Å². The Balaban J connectivity index is 1.71. The number of carbonyl (C=O) groups excluding carboxylic acids is 1. The fraction of sp³-hybridized carbons (Fsp3) is 0.667. The van der Waals surface area contributed by atoms with Gasteiger partial charge in [0.1, 0.15) is 0 Å². The maximum absolute atomic E-state index is 12.2. The summed E-state index contributed by atoms with van der Waals surface area (Å²) >= 11 is 1.80. The van der Waals surface area contributed by atoms with Crippen LogP contribution in [0.15, 0.2) is 17.5 Å². The van der Waals surface area contributed by atoms with Gasteiger partial charge in [-0.3, -0.25) is 4.79 Å². The maximum Gasteiger partial charge on any atom is 0.223 e. The second-order valence-electron chi connectivity index (χ2n) is 5.70. The highest BCUT2D eigenvalue weighted by Gasteiger charge is 2.33. The van der Waals surface area contributed by atoms with Crippen LogP contribution in [0.1, 0.15) is 38.0 Å². The van der Waals surface area contributed by atoms with Crippen molar-refractivity contribution in [3.05, 3.63) is 22.4 Å². The Morgan fingerprint density at radius 3 is 3.00 bits per heavy atom. The van der Waals surface area contributed by atoms with Crippen molar-refractivity contribution in [2.24, 2.45) is 0 Å². The van der Waals surface area contributed by atoms with E-state index in [1.807, 2.05) is 4.90 Å². The standard InChI is InChI=1S/C15H23NO2S/c1-15(2)12-18-10-9-16(15)14(17)8-4-3-6-13-7-5-11-19-13/h5,7,11H,3-4,6,8-10,12H2,1-2H3. The molecule has 0 bridgehead atoms. The van der Waals surface area contributed by atoms with E-state index in [0.29, 0.717) is 19.6 Å². The molecule has 106 valence electrons. The van der Waals surface area contributed by atoms with E-state index in [2.05, 4.69) is 31.4 Å². The van der Waals surface area contributed by atoms with Crippen LogP contribution in [0.5, 0.6) is 0 Å². The molecule has 0 aliphatic carbocycles. The molecule has 1 saturated heterocycles. The minimum absolute atomic E-state index is 0.150. The Bertz CT molecular complexity index is 400. The summed E-state index contributed by atoms with van der Waals surface area (Å²) in [4.78, 5) is 15.7. The summed E-state index contributed by atoms with van der Waals surface area (Å²) in [5.74, 6) is 0.277. The molecule has 0 unspecified atom stereocenters. The second kappa shape index (κ2) is 6.53.